The van der Waals surface area contributed by atoms with E-state index in [1.807, 2.05) is 75.4 Å². The van der Waals surface area contributed by atoms with Gasteiger partial charge in [0.05, 0.1) is 17.3 Å². The highest BCUT2D eigenvalue weighted by Crippen LogP contribution is 2.42. The Hall–Kier alpha value is -5.13. The van der Waals surface area contributed by atoms with E-state index in [1.54, 1.807) is 12.3 Å². The Morgan fingerprint density at radius 1 is 0.897 bits per heavy atom. The zero-order chi connectivity index (χ0) is 26.9. The summed E-state index contributed by atoms with van der Waals surface area (Å²) in [5, 5.41) is 13.4. The molecule has 4 aromatic carbocycles. The summed E-state index contributed by atoms with van der Waals surface area (Å²) in [6.07, 6.45) is 1.59. The molecule has 3 aromatic heterocycles. The second kappa shape index (κ2) is 8.18. The third kappa shape index (κ3) is 3.48. The Bertz CT molecular complexity index is 2140. The van der Waals surface area contributed by atoms with E-state index in [2.05, 4.69) is 23.2 Å². The summed E-state index contributed by atoms with van der Waals surface area (Å²) in [6, 6.07) is 28.9. The molecule has 0 aliphatic rings. The lowest BCUT2D eigenvalue weighted by molar-refractivity contribution is 0.520. The number of fused-ring (bicyclic) bond motifs is 6. The van der Waals surface area contributed by atoms with Gasteiger partial charge < -0.3 is 8.83 Å². The van der Waals surface area contributed by atoms with Crippen LogP contribution in [0.2, 0.25) is 0 Å². The van der Waals surface area contributed by atoms with E-state index >= 15 is 4.39 Å². The van der Waals surface area contributed by atoms with E-state index < -0.39 is 0 Å². The molecule has 0 atom stereocenters. The molecule has 186 valence electrons. The number of hydrogen-bond donors (Lipinski definition) is 0. The van der Waals surface area contributed by atoms with Crippen LogP contribution in [0.3, 0.4) is 0 Å². The maximum Gasteiger partial charge on any atom is 0.185 e. The molecule has 0 radical (unpaired) electrons. The van der Waals surface area contributed by atoms with E-state index in [0.29, 0.717) is 44.5 Å². The fourth-order valence-corrected chi connectivity index (χ4v) is 5.33. The number of nitrogens with zero attached hydrogens (tertiary/aromatic N) is 2. The van der Waals surface area contributed by atoms with Crippen LogP contribution in [-0.4, -0.2) is 4.98 Å². The SMILES string of the molecule is CC(C)(C)c1cnc(-c2cccc3c2oc2c(-c4ccc5c(c4)oc4c#cccc45)ccc(C#N)c23)cc1F. The highest BCUT2D eigenvalue weighted by Gasteiger charge is 2.22. The van der Waals surface area contributed by atoms with Crippen molar-refractivity contribution in [1.82, 2.24) is 4.98 Å². The van der Waals surface area contributed by atoms with Gasteiger partial charge in [-0.15, -0.1) is 0 Å². The molecule has 0 fully saturated rings. The molecule has 0 spiro atoms. The first-order chi connectivity index (χ1) is 18.8. The van der Waals surface area contributed by atoms with Crippen LogP contribution < -0.4 is 0 Å². The maximum atomic E-state index is 15.1. The van der Waals surface area contributed by atoms with Crippen LogP contribution in [-0.2, 0) is 5.41 Å². The van der Waals surface area contributed by atoms with Crippen molar-refractivity contribution in [2.45, 2.75) is 26.2 Å². The third-order valence-corrected chi connectivity index (χ3v) is 7.26. The third-order valence-electron chi connectivity index (χ3n) is 7.26. The minimum absolute atomic E-state index is 0.312. The van der Waals surface area contributed by atoms with Gasteiger partial charge in [-0.05, 0) is 59.5 Å². The largest absolute Gasteiger partial charge is 0.455 e. The number of hydrogen-bond acceptors (Lipinski definition) is 4. The molecule has 5 heteroatoms. The zero-order valence-corrected chi connectivity index (χ0v) is 21.5. The summed E-state index contributed by atoms with van der Waals surface area (Å²) in [4.78, 5) is 4.59. The smallest absolute Gasteiger partial charge is 0.185 e. The van der Waals surface area contributed by atoms with E-state index in [0.717, 1.165) is 32.9 Å². The predicted molar refractivity (Wildman–Crippen MR) is 151 cm³/mol. The summed E-state index contributed by atoms with van der Waals surface area (Å²) >= 11 is 0. The molecular weight excluding hydrogens is 487 g/mol. The Kier molecular flexibility index (Phi) is 4.83. The van der Waals surface area contributed by atoms with Crippen molar-refractivity contribution in [2.75, 3.05) is 0 Å². The first-order valence-corrected chi connectivity index (χ1v) is 12.6. The van der Waals surface area contributed by atoms with Gasteiger partial charge in [-0.3, -0.25) is 4.98 Å². The van der Waals surface area contributed by atoms with Gasteiger partial charge in [0.2, 0.25) is 0 Å². The zero-order valence-electron chi connectivity index (χ0n) is 21.5. The van der Waals surface area contributed by atoms with Crippen LogP contribution in [0.25, 0.3) is 66.3 Å². The number of rotatable bonds is 2. The summed E-state index contributed by atoms with van der Waals surface area (Å²) in [6.45, 7) is 5.87. The minimum atomic E-state index is -0.366. The van der Waals surface area contributed by atoms with Crippen LogP contribution in [0.5, 0.6) is 0 Å². The number of benzene rings is 3. The van der Waals surface area contributed by atoms with Gasteiger partial charge in [-0.1, -0.05) is 45.0 Å². The Morgan fingerprint density at radius 3 is 2.56 bits per heavy atom. The first kappa shape index (κ1) is 23.0. The van der Waals surface area contributed by atoms with Crippen molar-refractivity contribution in [3.05, 3.63) is 102 Å². The maximum absolute atomic E-state index is 15.1. The number of aromatic nitrogens is 1. The Morgan fingerprint density at radius 2 is 1.77 bits per heavy atom. The molecule has 3 heterocycles. The van der Waals surface area contributed by atoms with Crippen molar-refractivity contribution < 1.29 is 13.2 Å². The molecule has 39 heavy (non-hydrogen) atoms. The van der Waals surface area contributed by atoms with Gasteiger partial charge in [0.15, 0.2) is 5.58 Å². The summed E-state index contributed by atoms with van der Waals surface area (Å²) in [5.74, 6) is -0.312. The van der Waals surface area contributed by atoms with Gasteiger partial charge in [-0.2, -0.15) is 5.26 Å². The molecule has 0 bridgehead atoms. The van der Waals surface area contributed by atoms with Crippen molar-refractivity contribution in [2.24, 2.45) is 0 Å². The fraction of sp³-hybridized carbons (Fsp3) is 0.118. The van der Waals surface area contributed by atoms with Crippen LogP contribution in [0.4, 0.5) is 4.39 Å². The van der Waals surface area contributed by atoms with E-state index in [4.69, 9.17) is 8.83 Å². The molecular formula is C34H21FN2O2. The van der Waals surface area contributed by atoms with Crippen LogP contribution in [0.1, 0.15) is 31.9 Å². The van der Waals surface area contributed by atoms with Crippen LogP contribution in [0.15, 0.2) is 81.8 Å². The highest BCUT2D eigenvalue weighted by atomic mass is 19.1. The quantitative estimate of drug-likeness (QED) is 0.234. The minimum Gasteiger partial charge on any atom is -0.455 e. The standard InChI is InChI=1S/C34H21FN2O2/c1-34(2,3)26-18-37-28(16-27(26)35)24-8-6-9-25-31-20(17-36)12-13-21(33(31)39-32(24)25)19-11-14-23-22-7-4-5-10-29(22)38-30(23)15-19/h4,6-9,11-16,18H,1-3H3. The van der Waals surface area contributed by atoms with E-state index in [-0.39, 0.29) is 11.2 Å². The second-order valence-electron chi connectivity index (χ2n) is 10.7. The second-order valence-corrected chi connectivity index (χ2v) is 10.7. The Balaban J connectivity index is 1.47. The van der Waals surface area contributed by atoms with E-state index in [9.17, 15) is 5.26 Å². The summed E-state index contributed by atoms with van der Waals surface area (Å²) in [5.41, 5.74) is 6.06. The lowest BCUT2D eigenvalue weighted by Gasteiger charge is -2.19. The molecule has 0 aliphatic carbocycles. The van der Waals surface area contributed by atoms with E-state index in [1.165, 1.54) is 6.07 Å². The molecule has 0 saturated heterocycles. The summed E-state index contributed by atoms with van der Waals surface area (Å²) < 4.78 is 27.7. The molecule has 0 aliphatic heterocycles. The monoisotopic (exact) mass is 508 g/mol. The first-order valence-electron chi connectivity index (χ1n) is 12.6. The lowest BCUT2D eigenvalue weighted by Crippen LogP contribution is -2.14. The number of para-hydroxylation sites is 1. The number of pyridine rings is 1. The topological polar surface area (TPSA) is 63.0 Å². The Labute approximate surface area is 223 Å². The van der Waals surface area contributed by atoms with Crippen LogP contribution >= 0.6 is 0 Å². The van der Waals surface area contributed by atoms with Gasteiger partial charge >= 0.3 is 0 Å². The van der Waals surface area contributed by atoms with Crippen molar-refractivity contribution >= 4 is 43.9 Å². The molecule has 0 saturated carbocycles. The normalized spacial score (nSPS) is 11.9. The van der Waals surface area contributed by atoms with Crippen molar-refractivity contribution in [3.8, 4) is 28.5 Å². The van der Waals surface area contributed by atoms with Crippen molar-refractivity contribution in [1.29, 1.82) is 5.26 Å². The molecule has 7 aromatic rings. The summed E-state index contributed by atoms with van der Waals surface area (Å²) in [7, 11) is 0. The van der Waals surface area contributed by atoms with Gasteiger partial charge in [-0.25, -0.2) is 4.39 Å². The average Bonchev–Trinajstić information content (AvgIpc) is 3.50. The van der Waals surface area contributed by atoms with Gasteiger partial charge in [0.25, 0.3) is 0 Å². The van der Waals surface area contributed by atoms with Gasteiger partial charge in [0, 0.05) is 50.5 Å². The average molecular weight is 509 g/mol. The lowest BCUT2D eigenvalue weighted by atomic mass is 9.87. The van der Waals surface area contributed by atoms with Gasteiger partial charge in [0.1, 0.15) is 22.6 Å². The predicted octanol–water partition coefficient (Wildman–Crippen LogP) is 9.12. The number of furan rings is 2. The molecule has 0 N–H and O–H groups in total. The molecule has 4 nitrogen and oxygen atoms in total. The molecule has 7 rings (SSSR count). The van der Waals surface area contributed by atoms with Crippen molar-refractivity contribution in [3.63, 3.8) is 0 Å². The molecule has 0 amide bonds. The number of nitriles is 1. The molecule has 0 unspecified atom stereocenters. The highest BCUT2D eigenvalue weighted by molar-refractivity contribution is 6.15. The fourth-order valence-electron chi connectivity index (χ4n) is 5.33. The number of halogens is 1. The van der Waals surface area contributed by atoms with Crippen LogP contribution in [0, 0.1) is 29.3 Å².